The first-order valence-corrected chi connectivity index (χ1v) is 5.49. The van der Waals surface area contributed by atoms with Crippen LogP contribution >= 0.6 is 0 Å². The highest BCUT2D eigenvalue weighted by molar-refractivity contribution is 5.04. The van der Waals surface area contributed by atoms with E-state index in [1.54, 1.807) is 0 Å². The van der Waals surface area contributed by atoms with Crippen molar-refractivity contribution in [3.63, 3.8) is 0 Å². The fourth-order valence-electron chi connectivity index (χ4n) is 3.55. The molecule has 2 N–H and O–H groups in total. The molecular formula is C11H21NO. The van der Waals surface area contributed by atoms with Crippen molar-refractivity contribution in [1.82, 2.24) is 5.32 Å². The molecule has 4 atom stereocenters. The van der Waals surface area contributed by atoms with E-state index >= 15 is 0 Å². The summed E-state index contributed by atoms with van der Waals surface area (Å²) in [5.74, 6) is 1.01. The summed E-state index contributed by atoms with van der Waals surface area (Å²) in [5.41, 5.74) is -0.439. The molecule has 0 radical (unpaired) electrons. The van der Waals surface area contributed by atoms with Crippen LogP contribution in [0.25, 0.3) is 0 Å². The van der Waals surface area contributed by atoms with Crippen LogP contribution < -0.4 is 5.32 Å². The highest BCUT2D eigenvalue weighted by Gasteiger charge is 2.48. The first kappa shape index (κ1) is 9.47. The van der Waals surface area contributed by atoms with Crippen LogP contribution in [0.4, 0.5) is 0 Å². The van der Waals surface area contributed by atoms with Gasteiger partial charge in [-0.1, -0.05) is 13.8 Å². The molecule has 0 saturated carbocycles. The Labute approximate surface area is 80.7 Å². The van der Waals surface area contributed by atoms with Crippen LogP contribution in [0, 0.1) is 11.8 Å². The zero-order valence-electron chi connectivity index (χ0n) is 8.88. The smallest absolute Gasteiger partial charge is 0.0679 e. The van der Waals surface area contributed by atoms with Gasteiger partial charge in [0.1, 0.15) is 0 Å². The van der Waals surface area contributed by atoms with Gasteiger partial charge in [0, 0.05) is 18.0 Å². The normalized spacial score (nSPS) is 50.1. The van der Waals surface area contributed by atoms with E-state index < -0.39 is 5.60 Å². The summed E-state index contributed by atoms with van der Waals surface area (Å²) in [6.07, 6.45) is 3.44. The lowest BCUT2D eigenvalue weighted by Gasteiger charge is -2.44. The molecule has 13 heavy (non-hydrogen) atoms. The Bertz CT molecular complexity index is 200. The number of rotatable bonds is 1. The van der Waals surface area contributed by atoms with E-state index in [-0.39, 0.29) is 0 Å². The zero-order chi connectivity index (χ0) is 9.64. The molecule has 2 bridgehead atoms. The van der Waals surface area contributed by atoms with Gasteiger partial charge in [0.25, 0.3) is 0 Å². The van der Waals surface area contributed by atoms with Crippen LogP contribution in [0.2, 0.25) is 0 Å². The Balaban J connectivity index is 2.21. The second-order valence-corrected chi connectivity index (χ2v) is 5.38. The zero-order valence-corrected chi connectivity index (χ0v) is 8.88. The third-order valence-electron chi connectivity index (χ3n) is 3.81. The minimum absolute atomic E-state index is 0.436. The average molecular weight is 183 g/mol. The van der Waals surface area contributed by atoms with Gasteiger partial charge in [-0.25, -0.2) is 0 Å². The van der Waals surface area contributed by atoms with Crippen molar-refractivity contribution >= 4 is 0 Å². The summed E-state index contributed by atoms with van der Waals surface area (Å²) in [4.78, 5) is 0. The maximum atomic E-state index is 10.3. The summed E-state index contributed by atoms with van der Waals surface area (Å²) in [5, 5.41) is 14.0. The molecule has 0 aromatic rings. The molecule has 2 nitrogen and oxygen atoms in total. The van der Waals surface area contributed by atoms with Crippen LogP contribution in [0.1, 0.15) is 40.0 Å². The van der Waals surface area contributed by atoms with Crippen molar-refractivity contribution in [3.05, 3.63) is 0 Å². The van der Waals surface area contributed by atoms with Crippen molar-refractivity contribution in [2.75, 3.05) is 0 Å². The van der Waals surface area contributed by atoms with Gasteiger partial charge in [-0.2, -0.15) is 0 Å². The van der Waals surface area contributed by atoms with E-state index in [0.29, 0.717) is 23.9 Å². The SMILES string of the molecule is CC(C)C1C2CCC(CC1(C)O)N2. The van der Waals surface area contributed by atoms with Crippen molar-refractivity contribution in [3.8, 4) is 0 Å². The van der Waals surface area contributed by atoms with Gasteiger partial charge in [0.15, 0.2) is 0 Å². The molecule has 2 heterocycles. The molecule has 0 aromatic heterocycles. The molecular weight excluding hydrogens is 162 g/mol. The lowest BCUT2D eigenvalue weighted by atomic mass is 9.72. The van der Waals surface area contributed by atoms with E-state index in [1.807, 2.05) is 6.92 Å². The summed E-state index contributed by atoms with van der Waals surface area (Å²) in [6, 6.07) is 1.14. The van der Waals surface area contributed by atoms with Crippen LogP contribution in [0.5, 0.6) is 0 Å². The van der Waals surface area contributed by atoms with Crippen molar-refractivity contribution in [2.24, 2.45) is 11.8 Å². The molecule has 2 aliphatic heterocycles. The maximum absolute atomic E-state index is 10.3. The van der Waals surface area contributed by atoms with E-state index in [2.05, 4.69) is 19.2 Å². The molecule has 0 amide bonds. The summed E-state index contributed by atoms with van der Waals surface area (Å²) < 4.78 is 0. The van der Waals surface area contributed by atoms with Crippen molar-refractivity contribution in [2.45, 2.75) is 57.7 Å². The number of hydrogen-bond donors (Lipinski definition) is 2. The number of fused-ring (bicyclic) bond motifs is 2. The molecule has 4 unspecified atom stereocenters. The van der Waals surface area contributed by atoms with Crippen LogP contribution in [-0.4, -0.2) is 22.8 Å². The van der Waals surface area contributed by atoms with Gasteiger partial charge in [-0.05, 0) is 32.1 Å². The molecule has 76 valence electrons. The van der Waals surface area contributed by atoms with Gasteiger partial charge < -0.3 is 10.4 Å². The summed E-state index contributed by atoms with van der Waals surface area (Å²) >= 11 is 0. The minimum Gasteiger partial charge on any atom is -0.390 e. The third kappa shape index (κ3) is 1.50. The Hall–Kier alpha value is -0.0800. The van der Waals surface area contributed by atoms with E-state index in [0.717, 1.165) is 6.42 Å². The Morgan fingerprint density at radius 2 is 2.08 bits per heavy atom. The quantitative estimate of drug-likeness (QED) is 0.646. The third-order valence-corrected chi connectivity index (χ3v) is 3.81. The average Bonchev–Trinajstić information content (AvgIpc) is 2.29. The van der Waals surface area contributed by atoms with E-state index in [4.69, 9.17) is 0 Å². The fourth-order valence-corrected chi connectivity index (χ4v) is 3.55. The lowest BCUT2D eigenvalue weighted by Crippen LogP contribution is -2.56. The van der Waals surface area contributed by atoms with Gasteiger partial charge in [-0.15, -0.1) is 0 Å². The van der Waals surface area contributed by atoms with Gasteiger partial charge in [0.2, 0.25) is 0 Å². The van der Waals surface area contributed by atoms with Crippen LogP contribution in [-0.2, 0) is 0 Å². The largest absolute Gasteiger partial charge is 0.390 e. The van der Waals surface area contributed by atoms with Gasteiger partial charge in [0.05, 0.1) is 5.60 Å². The molecule has 2 fully saturated rings. The topological polar surface area (TPSA) is 32.3 Å². The monoisotopic (exact) mass is 183 g/mol. The lowest BCUT2D eigenvalue weighted by molar-refractivity contribution is -0.0623. The number of hydrogen-bond acceptors (Lipinski definition) is 2. The Kier molecular flexibility index (Phi) is 2.16. The Morgan fingerprint density at radius 3 is 2.69 bits per heavy atom. The maximum Gasteiger partial charge on any atom is 0.0679 e. The summed E-state index contributed by atoms with van der Waals surface area (Å²) in [7, 11) is 0. The minimum atomic E-state index is -0.439. The second kappa shape index (κ2) is 2.96. The highest BCUT2D eigenvalue weighted by atomic mass is 16.3. The predicted octanol–water partition coefficient (Wildman–Crippen LogP) is 1.53. The predicted molar refractivity (Wildman–Crippen MR) is 53.5 cm³/mol. The molecule has 0 aromatic carbocycles. The molecule has 0 aliphatic carbocycles. The summed E-state index contributed by atoms with van der Waals surface area (Å²) in [6.45, 7) is 6.46. The molecule has 2 heteroatoms. The highest BCUT2D eigenvalue weighted by Crippen LogP contribution is 2.41. The van der Waals surface area contributed by atoms with E-state index in [9.17, 15) is 5.11 Å². The van der Waals surface area contributed by atoms with Crippen LogP contribution in [0.15, 0.2) is 0 Å². The molecule has 0 spiro atoms. The van der Waals surface area contributed by atoms with Crippen molar-refractivity contribution < 1.29 is 5.11 Å². The molecule has 2 rings (SSSR count). The number of aliphatic hydroxyl groups is 1. The van der Waals surface area contributed by atoms with Gasteiger partial charge in [-0.3, -0.25) is 0 Å². The first-order valence-electron chi connectivity index (χ1n) is 5.49. The standard InChI is InChI=1S/C11H21NO/c1-7(2)10-9-5-4-8(12-9)6-11(10,3)13/h7-10,12-13H,4-6H2,1-3H3. The van der Waals surface area contributed by atoms with Crippen LogP contribution in [0.3, 0.4) is 0 Å². The first-order chi connectivity index (χ1) is 6.00. The molecule has 2 saturated heterocycles. The second-order valence-electron chi connectivity index (χ2n) is 5.38. The number of nitrogens with one attached hydrogen (secondary N) is 1. The fraction of sp³-hybridized carbons (Fsp3) is 1.00. The van der Waals surface area contributed by atoms with E-state index in [1.165, 1.54) is 12.8 Å². The molecule has 2 aliphatic rings. The Morgan fingerprint density at radius 1 is 1.38 bits per heavy atom. The number of piperidine rings is 1. The van der Waals surface area contributed by atoms with Crippen molar-refractivity contribution in [1.29, 1.82) is 0 Å². The van der Waals surface area contributed by atoms with Gasteiger partial charge >= 0.3 is 0 Å².